The zero-order valence-corrected chi connectivity index (χ0v) is 23.6. The van der Waals surface area contributed by atoms with Crippen molar-refractivity contribution >= 4 is 73.3 Å². The van der Waals surface area contributed by atoms with Gasteiger partial charge in [0.1, 0.15) is 11.4 Å². The predicted molar refractivity (Wildman–Crippen MR) is 152 cm³/mol. The maximum absolute atomic E-state index is 13.0. The fourth-order valence-electron chi connectivity index (χ4n) is 3.10. The number of anilines is 1. The van der Waals surface area contributed by atoms with Crippen molar-refractivity contribution in [3.05, 3.63) is 97.0 Å². The highest BCUT2D eigenvalue weighted by Gasteiger charge is 2.16. The van der Waals surface area contributed by atoms with Gasteiger partial charge in [0, 0.05) is 19.8 Å². The Morgan fingerprint density at radius 2 is 1.64 bits per heavy atom. The van der Waals surface area contributed by atoms with Gasteiger partial charge in [-0.3, -0.25) is 9.59 Å². The molecule has 0 radical (unpaired) electrons. The molecular formula is C26H23Br2ClN4O3. The van der Waals surface area contributed by atoms with Gasteiger partial charge in [-0.2, -0.15) is 5.10 Å². The summed E-state index contributed by atoms with van der Waals surface area (Å²) in [5.41, 5.74) is 5.15. The fraction of sp³-hybridized carbons (Fsp3) is 0.115. The normalized spacial score (nSPS) is 11.3. The zero-order valence-electron chi connectivity index (χ0n) is 19.7. The standard InChI is InChI=1S/C26H23Br2ClN4O3/c1-33(2)18-10-8-16(9-11-18)14-23(31-25(34)19-6-4-5-7-22(19)29)26(35)32-30-15-17-12-20(27)24(36-3)21(28)13-17/h4-15H,1-3H3,(H,31,34)(H,32,35)/b23-14+,30-15?. The van der Waals surface area contributed by atoms with E-state index in [1.54, 1.807) is 49.6 Å². The lowest BCUT2D eigenvalue weighted by Gasteiger charge is -2.13. The molecule has 3 aromatic rings. The maximum atomic E-state index is 13.0. The average Bonchev–Trinajstić information content (AvgIpc) is 2.84. The van der Waals surface area contributed by atoms with Crippen LogP contribution in [0.2, 0.25) is 5.02 Å². The summed E-state index contributed by atoms with van der Waals surface area (Å²) in [6.45, 7) is 0. The lowest BCUT2D eigenvalue weighted by atomic mass is 10.1. The first kappa shape index (κ1) is 27.4. The van der Waals surface area contributed by atoms with Crippen LogP contribution in [-0.2, 0) is 4.79 Å². The molecule has 2 N–H and O–H groups in total. The smallest absolute Gasteiger partial charge is 0.287 e. The Morgan fingerprint density at radius 1 is 1.00 bits per heavy atom. The van der Waals surface area contributed by atoms with Gasteiger partial charge in [0.05, 0.1) is 32.9 Å². The van der Waals surface area contributed by atoms with E-state index in [4.69, 9.17) is 16.3 Å². The van der Waals surface area contributed by atoms with E-state index in [9.17, 15) is 9.59 Å². The molecule has 0 aliphatic rings. The number of benzene rings is 3. The van der Waals surface area contributed by atoms with Crippen LogP contribution >= 0.6 is 43.5 Å². The third-order valence-corrected chi connectivity index (χ3v) is 6.44. The molecule has 0 saturated heterocycles. The van der Waals surface area contributed by atoms with Crippen molar-refractivity contribution in [2.45, 2.75) is 0 Å². The van der Waals surface area contributed by atoms with Gasteiger partial charge < -0.3 is 15.0 Å². The Bertz CT molecular complexity index is 1300. The third-order valence-electron chi connectivity index (χ3n) is 4.94. The van der Waals surface area contributed by atoms with Gasteiger partial charge in [-0.05, 0) is 85.5 Å². The molecule has 10 heteroatoms. The number of nitrogens with zero attached hydrogens (tertiary/aromatic N) is 2. The summed E-state index contributed by atoms with van der Waals surface area (Å²) in [6, 6.07) is 17.7. The first-order valence-corrected chi connectivity index (χ1v) is 12.6. The highest BCUT2D eigenvalue weighted by Crippen LogP contribution is 2.33. The molecule has 0 heterocycles. The molecule has 0 spiro atoms. The lowest BCUT2D eigenvalue weighted by molar-refractivity contribution is -0.117. The SMILES string of the molecule is COc1c(Br)cc(C=NNC(=O)/C(=C\c2ccc(N(C)C)cc2)NC(=O)c2ccccc2Cl)cc1Br. The summed E-state index contributed by atoms with van der Waals surface area (Å²) in [6.07, 6.45) is 3.05. The molecule has 0 fully saturated rings. The molecule has 0 aliphatic heterocycles. The van der Waals surface area contributed by atoms with E-state index in [1.165, 1.54) is 6.21 Å². The van der Waals surface area contributed by atoms with Crippen LogP contribution in [0.4, 0.5) is 5.69 Å². The Labute approximate surface area is 231 Å². The van der Waals surface area contributed by atoms with Crippen molar-refractivity contribution in [1.29, 1.82) is 0 Å². The van der Waals surface area contributed by atoms with Gasteiger partial charge in [-0.25, -0.2) is 5.43 Å². The van der Waals surface area contributed by atoms with E-state index in [0.29, 0.717) is 11.3 Å². The van der Waals surface area contributed by atoms with Crippen molar-refractivity contribution < 1.29 is 14.3 Å². The number of methoxy groups -OCH3 is 1. The number of hydrazone groups is 1. The second-order valence-corrected chi connectivity index (χ2v) is 9.81. The molecule has 3 rings (SSSR count). The maximum Gasteiger partial charge on any atom is 0.287 e. The fourth-order valence-corrected chi connectivity index (χ4v) is 4.87. The van der Waals surface area contributed by atoms with E-state index >= 15 is 0 Å². The van der Waals surface area contributed by atoms with Gasteiger partial charge >= 0.3 is 0 Å². The molecule has 0 aromatic heterocycles. The predicted octanol–water partition coefficient (Wildman–Crippen LogP) is 5.86. The van der Waals surface area contributed by atoms with Gasteiger partial charge in [0.25, 0.3) is 11.8 Å². The van der Waals surface area contributed by atoms with E-state index < -0.39 is 11.8 Å². The van der Waals surface area contributed by atoms with E-state index in [-0.39, 0.29) is 16.3 Å². The zero-order chi connectivity index (χ0) is 26.2. The summed E-state index contributed by atoms with van der Waals surface area (Å²) >= 11 is 13.0. The molecule has 2 amide bonds. The Morgan fingerprint density at radius 3 is 2.22 bits per heavy atom. The van der Waals surface area contributed by atoms with Crippen LogP contribution in [0.3, 0.4) is 0 Å². The highest BCUT2D eigenvalue weighted by atomic mass is 79.9. The molecule has 7 nitrogen and oxygen atoms in total. The van der Waals surface area contributed by atoms with Crippen LogP contribution in [0.1, 0.15) is 21.5 Å². The van der Waals surface area contributed by atoms with Crippen molar-refractivity contribution in [1.82, 2.24) is 10.7 Å². The van der Waals surface area contributed by atoms with Crippen LogP contribution in [0.5, 0.6) is 5.75 Å². The van der Waals surface area contributed by atoms with Crippen molar-refractivity contribution in [3.8, 4) is 5.75 Å². The molecule has 0 unspecified atom stereocenters. The van der Waals surface area contributed by atoms with Crippen LogP contribution in [0.15, 0.2) is 80.4 Å². The number of hydrogen-bond donors (Lipinski definition) is 2. The minimum Gasteiger partial charge on any atom is -0.494 e. The number of rotatable bonds is 8. The van der Waals surface area contributed by atoms with Crippen molar-refractivity contribution in [2.75, 3.05) is 26.1 Å². The lowest BCUT2D eigenvalue weighted by Crippen LogP contribution is -2.33. The average molecular weight is 635 g/mol. The molecule has 36 heavy (non-hydrogen) atoms. The minimum atomic E-state index is -0.602. The number of halogens is 3. The Balaban J connectivity index is 1.85. The van der Waals surface area contributed by atoms with Gasteiger partial charge in [-0.1, -0.05) is 35.9 Å². The minimum absolute atomic E-state index is 0.00626. The van der Waals surface area contributed by atoms with E-state index in [0.717, 1.165) is 20.2 Å². The van der Waals surface area contributed by atoms with Crippen molar-refractivity contribution in [3.63, 3.8) is 0 Å². The topological polar surface area (TPSA) is 83.0 Å². The molecule has 3 aromatic carbocycles. The highest BCUT2D eigenvalue weighted by molar-refractivity contribution is 9.11. The number of carbonyl (C=O) groups is 2. The monoisotopic (exact) mass is 632 g/mol. The quantitative estimate of drug-likeness (QED) is 0.185. The second kappa shape index (κ2) is 12.7. The molecule has 186 valence electrons. The number of carbonyl (C=O) groups excluding carboxylic acids is 2. The van der Waals surface area contributed by atoms with Gasteiger partial charge in [-0.15, -0.1) is 0 Å². The summed E-state index contributed by atoms with van der Waals surface area (Å²) in [7, 11) is 5.44. The van der Waals surface area contributed by atoms with E-state index in [2.05, 4.69) is 47.7 Å². The van der Waals surface area contributed by atoms with Gasteiger partial charge in [0.2, 0.25) is 0 Å². The van der Waals surface area contributed by atoms with Crippen molar-refractivity contribution in [2.24, 2.45) is 5.10 Å². The number of ether oxygens (including phenoxy) is 1. The number of nitrogens with one attached hydrogen (secondary N) is 2. The summed E-state index contributed by atoms with van der Waals surface area (Å²) in [5, 5.41) is 6.97. The molecule has 0 atom stereocenters. The van der Waals surface area contributed by atoms with Crippen LogP contribution in [0.25, 0.3) is 6.08 Å². The third kappa shape index (κ3) is 7.19. The molecule has 0 saturated carbocycles. The first-order valence-electron chi connectivity index (χ1n) is 10.6. The number of hydrogen-bond acceptors (Lipinski definition) is 5. The number of amides is 2. The summed E-state index contributed by atoms with van der Waals surface area (Å²) in [4.78, 5) is 27.8. The molecular weight excluding hydrogens is 612 g/mol. The first-order chi connectivity index (χ1) is 17.2. The van der Waals surface area contributed by atoms with Gasteiger partial charge in [0.15, 0.2) is 0 Å². The molecule has 0 aliphatic carbocycles. The van der Waals surface area contributed by atoms with Crippen LogP contribution in [0, 0.1) is 0 Å². The Kier molecular flexibility index (Phi) is 9.69. The second-order valence-electron chi connectivity index (χ2n) is 7.69. The summed E-state index contributed by atoms with van der Waals surface area (Å²) < 4.78 is 6.74. The van der Waals surface area contributed by atoms with Crippen LogP contribution in [-0.4, -0.2) is 39.2 Å². The Hall–Kier alpha value is -3.14. The summed E-state index contributed by atoms with van der Waals surface area (Å²) in [5.74, 6) is -0.474. The van der Waals surface area contributed by atoms with E-state index in [1.807, 2.05) is 43.3 Å². The van der Waals surface area contributed by atoms with Crippen LogP contribution < -0.4 is 20.4 Å². The molecule has 0 bridgehead atoms. The largest absolute Gasteiger partial charge is 0.494 e.